The monoisotopic (exact) mass is 297 g/mol. The second-order valence-electron chi connectivity index (χ2n) is 5.51. The van der Waals surface area contributed by atoms with Crippen molar-refractivity contribution in [3.63, 3.8) is 0 Å². The number of esters is 1. The largest absolute Gasteiger partial charge is 0.461 e. The first-order valence-corrected chi connectivity index (χ1v) is 7.46. The predicted octanol–water partition coefficient (Wildman–Crippen LogP) is 2.52. The molecule has 0 amide bonds. The van der Waals surface area contributed by atoms with Crippen LogP contribution in [0.5, 0.6) is 0 Å². The van der Waals surface area contributed by atoms with Gasteiger partial charge in [-0.05, 0) is 31.8 Å². The van der Waals surface area contributed by atoms with Gasteiger partial charge >= 0.3 is 5.97 Å². The van der Waals surface area contributed by atoms with Crippen LogP contribution in [0.3, 0.4) is 0 Å². The molecule has 1 rings (SSSR count). The summed E-state index contributed by atoms with van der Waals surface area (Å²) in [7, 11) is 1.65. The maximum atomic E-state index is 11.6. The van der Waals surface area contributed by atoms with Crippen LogP contribution in [-0.2, 0) is 19.1 Å². The van der Waals surface area contributed by atoms with Crippen LogP contribution in [0.2, 0.25) is 0 Å². The number of cyclic esters (lactones) is 1. The Balaban J connectivity index is 2.86. The van der Waals surface area contributed by atoms with Crippen molar-refractivity contribution in [2.24, 2.45) is 11.8 Å². The Morgan fingerprint density at radius 3 is 2.81 bits per heavy atom. The molecule has 21 heavy (non-hydrogen) atoms. The highest BCUT2D eigenvalue weighted by atomic mass is 16.6. The van der Waals surface area contributed by atoms with E-state index >= 15 is 0 Å². The van der Waals surface area contributed by atoms with Crippen molar-refractivity contribution < 1.29 is 19.1 Å². The third-order valence-electron chi connectivity index (χ3n) is 3.61. The molecule has 5 nitrogen and oxygen atoms in total. The summed E-state index contributed by atoms with van der Waals surface area (Å²) in [5.41, 5.74) is 0.980. The lowest BCUT2D eigenvalue weighted by atomic mass is 9.96. The molecule has 1 aliphatic rings. The summed E-state index contributed by atoms with van der Waals surface area (Å²) in [6.45, 7) is 4.25. The lowest BCUT2D eigenvalue weighted by molar-refractivity contribution is -0.142. The number of hydrogen-bond donors (Lipinski definition) is 1. The Morgan fingerprint density at radius 1 is 1.38 bits per heavy atom. The van der Waals surface area contributed by atoms with Crippen molar-refractivity contribution in [2.45, 2.75) is 51.7 Å². The van der Waals surface area contributed by atoms with Gasteiger partial charge in [-0.3, -0.25) is 9.63 Å². The van der Waals surface area contributed by atoms with E-state index in [1.807, 2.05) is 26.0 Å². The molecule has 1 aliphatic heterocycles. The van der Waals surface area contributed by atoms with Gasteiger partial charge in [-0.2, -0.15) is 0 Å². The minimum Gasteiger partial charge on any atom is -0.461 e. The number of hydrogen-bond acceptors (Lipinski definition) is 5. The van der Waals surface area contributed by atoms with E-state index in [2.05, 4.69) is 6.08 Å². The van der Waals surface area contributed by atoms with Gasteiger partial charge in [0.15, 0.2) is 0 Å². The summed E-state index contributed by atoms with van der Waals surface area (Å²) in [6, 6.07) is 0. The Kier molecular flexibility index (Phi) is 8.27. The first-order chi connectivity index (χ1) is 10.1. The summed E-state index contributed by atoms with van der Waals surface area (Å²) < 4.78 is 10.7. The zero-order valence-corrected chi connectivity index (χ0v) is 13.2. The van der Waals surface area contributed by atoms with Gasteiger partial charge in [-0.15, -0.1) is 0 Å². The van der Waals surface area contributed by atoms with Crippen LogP contribution in [0.1, 0.15) is 39.5 Å². The van der Waals surface area contributed by atoms with E-state index in [-0.39, 0.29) is 24.1 Å². The normalized spacial score (nSPS) is 33.4. The second kappa shape index (κ2) is 9.71. The van der Waals surface area contributed by atoms with E-state index < -0.39 is 0 Å². The highest BCUT2D eigenvalue weighted by molar-refractivity contribution is 5.69. The lowest BCUT2D eigenvalue weighted by Gasteiger charge is -2.26. The van der Waals surface area contributed by atoms with Gasteiger partial charge in [0.25, 0.3) is 0 Å². The zero-order chi connectivity index (χ0) is 15.7. The average molecular weight is 297 g/mol. The number of nitrogens with two attached hydrogens (primary N) is 1. The van der Waals surface area contributed by atoms with Gasteiger partial charge in [0.2, 0.25) is 0 Å². The molecular weight excluding hydrogens is 270 g/mol. The molecule has 0 bridgehead atoms. The molecule has 120 valence electrons. The summed E-state index contributed by atoms with van der Waals surface area (Å²) in [5.74, 6) is 5.34. The minimum absolute atomic E-state index is 0.0474. The van der Waals surface area contributed by atoms with Crippen molar-refractivity contribution >= 4 is 5.97 Å². The van der Waals surface area contributed by atoms with Crippen molar-refractivity contribution in [2.75, 3.05) is 13.7 Å². The summed E-state index contributed by atoms with van der Waals surface area (Å²) in [5, 5.41) is 0. The Hall–Kier alpha value is -1.17. The molecule has 0 fully saturated rings. The molecule has 0 aliphatic carbocycles. The first-order valence-electron chi connectivity index (χ1n) is 7.46. The average Bonchev–Trinajstić information content (AvgIpc) is 2.46. The third kappa shape index (κ3) is 6.42. The van der Waals surface area contributed by atoms with Gasteiger partial charge in [0.1, 0.15) is 18.8 Å². The summed E-state index contributed by atoms with van der Waals surface area (Å²) >= 11 is 0. The van der Waals surface area contributed by atoms with E-state index in [0.29, 0.717) is 13.0 Å². The Morgan fingerprint density at radius 2 is 2.14 bits per heavy atom. The van der Waals surface area contributed by atoms with Crippen LogP contribution in [0.15, 0.2) is 23.8 Å². The maximum Gasteiger partial charge on any atom is 0.306 e. The van der Waals surface area contributed by atoms with Gasteiger partial charge in [0.05, 0.1) is 0 Å². The van der Waals surface area contributed by atoms with E-state index in [4.69, 9.17) is 20.2 Å². The SMILES string of the molecule is COC1/C=C/CCCCC(=O)OC/C(C)=C\[C@@H](C)[C@@H]1ON. The quantitative estimate of drug-likeness (QED) is 0.482. The fourth-order valence-electron chi connectivity index (χ4n) is 2.44. The van der Waals surface area contributed by atoms with E-state index in [0.717, 1.165) is 24.8 Å². The molecule has 1 unspecified atom stereocenters. The standard InChI is InChI=1S/C16H27NO4/c1-12-10-13(2)16(21-17)14(19-3)8-6-4-5-7-9-15(18)20-11-12/h6,8,10,13-14,16H,4-5,7,9,11,17H2,1-3H3/b8-6+,12-10-/t13-,14?,16+/m1/s1. The number of methoxy groups -OCH3 is 1. The van der Waals surface area contributed by atoms with Crippen molar-refractivity contribution in [3.05, 3.63) is 23.8 Å². The molecule has 0 saturated carbocycles. The highest BCUT2D eigenvalue weighted by Gasteiger charge is 2.24. The van der Waals surface area contributed by atoms with Crippen molar-refractivity contribution in [1.29, 1.82) is 0 Å². The first kappa shape index (κ1) is 17.9. The highest BCUT2D eigenvalue weighted by Crippen LogP contribution is 2.18. The number of allylic oxidation sites excluding steroid dienone is 1. The van der Waals surface area contributed by atoms with Crippen LogP contribution in [0.4, 0.5) is 0 Å². The molecule has 0 aromatic heterocycles. The molecule has 0 spiro atoms. The van der Waals surface area contributed by atoms with Crippen molar-refractivity contribution in [3.8, 4) is 0 Å². The second-order valence-corrected chi connectivity index (χ2v) is 5.51. The molecule has 0 aromatic carbocycles. The Bertz CT molecular complexity index is 378. The Labute approximate surface area is 127 Å². The number of rotatable bonds is 2. The zero-order valence-electron chi connectivity index (χ0n) is 13.2. The fraction of sp³-hybridized carbons (Fsp3) is 0.688. The number of carbonyl (C=O) groups is 1. The molecule has 0 radical (unpaired) electrons. The van der Waals surface area contributed by atoms with E-state index in [1.165, 1.54) is 0 Å². The van der Waals surface area contributed by atoms with Crippen LogP contribution >= 0.6 is 0 Å². The van der Waals surface area contributed by atoms with Gasteiger partial charge in [0, 0.05) is 19.4 Å². The summed E-state index contributed by atoms with van der Waals surface area (Å²) in [6.07, 6.45) is 8.72. The van der Waals surface area contributed by atoms with Crippen LogP contribution in [0, 0.1) is 5.92 Å². The molecule has 1 heterocycles. The van der Waals surface area contributed by atoms with Gasteiger partial charge < -0.3 is 9.47 Å². The molecular formula is C16H27NO4. The molecule has 3 atom stereocenters. The molecule has 2 N–H and O–H groups in total. The van der Waals surface area contributed by atoms with Crippen LogP contribution in [-0.4, -0.2) is 31.9 Å². The van der Waals surface area contributed by atoms with E-state index in [9.17, 15) is 4.79 Å². The predicted molar refractivity (Wildman–Crippen MR) is 81.3 cm³/mol. The lowest BCUT2D eigenvalue weighted by Crippen LogP contribution is -2.36. The van der Waals surface area contributed by atoms with Crippen molar-refractivity contribution in [1.82, 2.24) is 0 Å². The van der Waals surface area contributed by atoms with Crippen LogP contribution < -0.4 is 5.90 Å². The number of ether oxygens (including phenoxy) is 2. The van der Waals surface area contributed by atoms with E-state index in [1.54, 1.807) is 7.11 Å². The van der Waals surface area contributed by atoms with Crippen LogP contribution in [0.25, 0.3) is 0 Å². The van der Waals surface area contributed by atoms with Gasteiger partial charge in [-0.1, -0.05) is 25.2 Å². The molecule has 0 saturated heterocycles. The maximum absolute atomic E-state index is 11.6. The minimum atomic E-state index is -0.278. The summed E-state index contributed by atoms with van der Waals surface area (Å²) in [4.78, 5) is 16.7. The van der Waals surface area contributed by atoms with Gasteiger partial charge in [-0.25, -0.2) is 5.90 Å². The topological polar surface area (TPSA) is 70.8 Å². The fourth-order valence-corrected chi connectivity index (χ4v) is 2.44. The molecule has 0 aromatic rings. The third-order valence-corrected chi connectivity index (χ3v) is 3.61. The smallest absolute Gasteiger partial charge is 0.306 e. The number of carbonyl (C=O) groups excluding carboxylic acids is 1. The molecule has 5 heteroatoms.